The van der Waals surface area contributed by atoms with Crippen LogP contribution in [0, 0.1) is 6.92 Å². The summed E-state index contributed by atoms with van der Waals surface area (Å²) in [4.78, 5) is 15.6. The third-order valence-corrected chi connectivity index (χ3v) is 8.16. The lowest BCUT2D eigenvalue weighted by atomic mass is 9.97. The summed E-state index contributed by atoms with van der Waals surface area (Å²) in [6.07, 6.45) is 2.54. The smallest absolute Gasteiger partial charge is 0.268 e. The molecule has 6 rings (SSSR count). The van der Waals surface area contributed by atoms with Crippen molar-refractivity contribution in [2.75, 3.05) is 4.90 Å². The maximum Gasteiger partial charge on any atom is 0.272 e. The van der Waals surface area contributed by atoms with E-state index in [4.69, 9.17) is 28.9 Å². The highest BCUT2D eigenvalue weighted by Crippen LogP contribution is 2.39. The van der Waals surface area contributed by atoms with Crippen molar-refractivity contribution in [1.82, 2.24) is 5.01 Å². The zero-order chi connectivity index (χ0) is 25.5. The van der Waals surface area contributed by atoms with Gasteiger partial charge in [-0.3, -0.25) is 14.7 Å². The van der Waals surface area contributed by atoms with Crippen molar-refractivity contribution in [2.24, 2.45) is 5.10 Å². The van der Waals surface area contributed by atoms with Crippen molar-refractivity contribution in [1.29, 1.82) is 0 Å². The van der Waals surface area contributed by atoms with Gasteiger partial charge in [0.1, 0.15) is 0 Å². The normalized spacial score (nSPS) is 18.8. The minimum Gasteiger partial charge on any atom is -0.268 e. The molecule has 2 heterocycles. The number of hydrogen-bond donors (Lipinski definition) is 0. The van der Waals surface area contributed by atoms with Crippen LogP contribution in [0.25, 0.3) is 10.8 Å². The summed E-state index contributed by atoms with van der Waals surface area (Å²) >= 11 is 13.1. The molecule has 0 aromatic heterocycles. The van der Waals surface area contributed by atoms with Crippen LogP contribution in [-0.2, 0) is 4.79 Å². The van der Waals surface area contributed by atoms with Crippen molar-refractivity contribution in [2.45, 2.75) is 19.4 Å². The Balaban J connectivity index is 1.37. The van der Waals surface area contributed by atoms with Gasteiger partial charge in [-0.2, -0.15) is 5.10 Å². The van der Waals surface area contributed by atoms with Gasteiger partial charge in [0.15, 0.2) is 4.32 Å². The lowest BCUT2D eigenvalue weighted by Crippen LogP contribution is -2.27. The van der Waals surface area contributed by atoms with Crippen LogP contribution in [0.15, 0.2) is 107 Å². The molecule has 0 bridgehead atoms. The van der Waals surface area contributed by atoms with Gasteiger partial charge in [0.05, 0.1) is 22.3 Å². The lowest BCUT2D eigenvalue weighted by Gasteiger charge is -2.21. The number of fused-ring (bicyclic) bond motifs is 1. The van der Waals surface area contributed by atoms with Crippen LogP contribution in [-0.4, -0.2) is 20.9 Å². The Labute approximate surface area is 230 Å². The summed E-state index contributed by atoms with van der Waals surface area (Å²) in [7, 11) is 0. The number of amides is 1. The lowest BCUT2D eigenvalue weighted by molar-refractivity contribution is -0.113. The van der Waals surface area contributed by atoms with E-state index in [9.17, 15) is 4.79 Å². The monoisotopic (exact) mass is 539 g/mol. The summed E-state index contributed by atoms with van der Waals surface area (Å²) in [6, 6.07) is 30.3. The van der Waals surface area contributed by atoms with E-state index in [1.54, 1.807) is 4.90 Å². The Morgan fingerprint density at radius 3 is 2.46 bits per heavy atom. The van der Waals surface area contributed by atoms with E-state index in [0.717, 1.165) is 28.1 Å². The zero-order valence-corrected chi connectivity index (χ0v) is 22.4. The second kappa shape index (κ2) is 9.78. The van der Waals surface area contributed by atoms with Crippen molar-refractivity contribution in [3.8, 4) is 0 Å². The van der Waals surface area contributed by atoms with Crippen LogP contribution in [0.1, 0.15) is 29.2 Å². The minimum absolute atomic E-state index is 0.0679. The van der Waals surface area contributed by atoms with Gasteiger partial charge >= 0.3 is 0 Å². The number of anilines is 1. The molecular weight excluding hydrogens is 518 g/mol. The van der Waals surface area contributed by atoms with Crippen LogP contribution in [0.5, 0.6) is 0 Å². The fourth-order valence-corrected chi connectivity index (χ4v) is 6.03. The standard InChI is InChI=1S/C30H22ClN3OS2/c1-19-6-14-25(15-7-19)34-29(35)28(37-30(34)36)18-33-27(21-10-12-24(31)13-11-21)17-26(32-33)23-9-8-20-4-2-3-5-22(20)16-23/h2-16,18,27H,17H2,1H3/b28-18-. The fourth-order valence-electron chi connectivity index (χ4n) is 4.64. The molecule has 1 amide bonds. The third-order valence-electron chi connectivity index (χ3n) is 6.62. The van der Waals surface area contributed by atoms with Crippen LogP contribution in [0.4, 0.5) is 5.69 Å². The molecule has 182 valence electrons. The van der Waals surface area contributed by atoms with Gasteiger partial charge in [-0.15, -0.1) is 0 Å². The molecule has 1 unspecified atom stereocenters. The molecule has 2 aliphatic rings. The largest absolute Gasteiger partial charge is 0.272 e. The maximum atomic E-state index is 13.4. The van der Waals surface area contributed by atoms with Gasteiger partial charge in [0.2, 0.25) is 0 Å². The number of rotatable bonds is 4. The average molecular weight is 540 g/mol. The summed E-state index contributed by atoms with van der Waals surface area (Å²) in [6.45, 7) is 2.02. The number of carbonyl (C=O) groups excluding carboxylic acids is 1. The van der Waals surface area contributed by atoms with Crippen molar-refractivity contribution in [3.05, 3.63) is 124 Å². The number of benzene rings is 4. The highest BCUT2D eigenvalue weighted by Gasteiger charge is 2.36. The Hall–Kier alpha value is -3.45. The van der Waals surface area contributed by atoms with Crippen LogP contribution < -0.4 is 4.90 Å². The average Bonchev–Trinajstić information content (AvgIpc) is 3.45. The summed E-state index contributed by atoms with van der Waals surface area (Å²) in [5, 5.41) is 9.93. The van der Waals surface area contributed by atoms with Gasteiger partial charge in [-0.25, -0.2) is 0 Å². The van der Waals surface area contributed by atoms with E-state index >= 15 is 0 Å². The molecule has 37 heavy (non-hydrogen) atoms. The van der Waals surface area contributed by atoms with E-state index in [1.165, 1.54) is 22.5 Å². The highest BCUT2D eigenvalue weighted by atomic mass is 35.5. The predicted molar refractivity (Wildman–Crippen MR) is 158 cm³/mol. The molecule has 0 aliphatic carbocycles. The maximum absolute atomic E-state index is 13.4. The van der Waals surface area contributed by atoms with Crippen molar-refractivity contribution < 1.29 is 4.79 Å². The van der Waals surface area contributed by atoms with Gasteiger partial charge in [0.25, 0.3) is 5.91 Å². The zero-order valence-electron chi connectivity index (χ0n) is 20.0. The van der Waals surface area contributed by atoms with Crippen molar-refractivity contribution in [3.63, 3.8) is 0 Å². The number of halogens is 1. The first-order valence-corrected chi connectivity index (χ1v) is 13.5. The van der Waals surface area contributed by atoms with Gasteiger partial charge in [0, 0.05) is 17.6 Å². The number of hydrazone groups is 1. The number of aryl methyl sites for hydroxylation is 1. The molecule has 7 heteroatoms. The van der Waals surface area contributed by atoms with E-state index in [2.05, 4.69) is 30.3 Å². The van der Waals surface area contributed by atoms with Crippen LogP contribution >= 0.6 is 35.6 Å². The van der Waals surface area contributed by atoms with E-state index < -0.39 is 0 Å². The third kappa shape index (κ3) is 4.68. The number of carbonyl (C=O) groups is 1. The first-order chi connectivity index (χ1) is 18.0. The molecule has 1 fully saturated rings. The molecule has 2 aliphatic heterocycles. The van der Waals surface area contributed by atoms with Gasteiger partial charge in [-0.1, -0.05) is 102 Å². The predicted octanol–water partition coefficient (Wildman–Crippen LogP) is 7.86. The number of thiocarbonyl (C=S) groups is 1. The van der Waals surface area contributed by atoms with Gasteiger partial charge < -0.3 is 0 Å². The van der Waals surface area contributed by atoms with Crippen molar-refractivity contribution >= 4 is 68.0 Å². The summed E-state index contributed by atoms with van der Waals surface area (Å²) in [5.74, 6) is -0.136. The summed E-state index contributed by atoms with van der Waals surface area (Å²) < 4.78 is 0.515. The molecule has 4 aromatic rings. The number of hydrogen-bond acceptors (Lipinski definition) is 5. The molecule has 4 aromatic carbocycles. The SMILES string of the molecule is Cc1ccc(N2C(=O)/C(=C/N3N=C(c4ccc5ccccc5c4)CC3c3ccc(Cl)cc3)SC2=S)cc1. The highest BCUT2D eigenvalue weighted by molar-refractivity contribution is 8.27. The second-order valence-corrected chi connectivity index (χ2v) is 11.2. The molecule has 0 spiro atoms. The Morgan fingerprint density at radius 1 is 0.973 bits per heavy atom. The molecule has 1 atom stereocenters. The second-order valence-electron chi connectivity index (χ2n) is 9.10. The van der Waals surface area contributed by atoms with E-state index in [0.29, 0.717) is 20.7 Å². The first kappa shape index (κ1) is 23.9. The quantitative estimate of drug-likeness (QED) is 0.195. The van der Waals surface area contributed by atoms with Crippen LogP contribution in [0.2, 0.25) is 5.02 Å². The molecule has 1 saturated heterocycles. The topological polar surface area (TPSA) is 35.9 Å². The summed E-state index contributed by atoms with van der Waals surface area (Å²) in [5.41, 5.74) is 5.02. The fraction of sp³-hybridized carbons (Fsp3) is 0.100. The molecule has 4 nitrogen and oxygen atoms in total. The van der Waals surface area contributed by atoms with Gasteiger partial charge in [-0.05, 0) is 59.2 Å². The van der Waals surface area contributed by atoms with E-state index in [1.807, 2.05) is 78.8 Å². The minimum atomic E-state index is -0.136. The first-order valence-electron chi connectivity index (χ1n) is 11.9. The molecule has 0 N–H and O–H groups in total. The number of nitrogens with zero attached hydrogens (tertiary/aromatic N) is 3. The Kier molecular flexibility index (Phi) is 6.32. The Morgan fingerprint density at radius 2 is 1.70 bits per heavy atom. The Bertz CT molecular complexity index is 1600. The molecule has 0 radical (unpaired) electrons. The molecule has 0 saturated carbocycles. The molecular formula is C30H22ClN3OS2. The van der Waals surface area contributed by atoms with E-state index in [-0.39, 0.29) is 11.9 Å². The van der Waals surface area contributed by atoms with Crippen LogP contribution in [0.3, 0.4) is 0 Å². The number of thioether (sulfide) groups is 1.